The summed E-state index contributed by atoms with van der Waals surface area (Å²) >= 11 is 0. The molecule has 3 aromatic carbocycles. The van der Waals surface area contributed by atoms with Crippen LogP contribution in [-0.2, 0) is 0 Å². The number of nitrogens with zero attached hydrogens (tertiary/aromatic N) is 2. The number of ether oxygens (including phenoxy) is 3. The van der Waals surface area contributed by atoms with Crippen LogP contribution >= 0.6 is 0 Å². The summed E-state index contributed by atoms with van der Waals surface area (Å²) in [5.74, 6) is 2.06. The van der Waals surface area contributed by atoms with Crippen molar-refractivity contribution >= 4 is 22.4 Å². The minimum absolute atomic E-state index is 0.0514. The Morgan fingerprint density at radius 2 is 1.80 bits per heavy atom. The molecular weight excluding hydrogens is 444 g/mol. The lowest BCUT2D eigenvalue weighted by Gasteiger charge is -2.42. The number of carbonyl (C=O) groups is 1. The van der Waals surface area contributed by atoms with E-state index in [-0.39, 0.29) is 5.91 Å². The maximum absolute atomic E-state index is 13.5. The second-order valence-corrected chi connectivity index (χ2v) is 9.20. The minimum atomic E-state index is -0.676. The van der Waals surface area contributed by atoms with E-state index in [2.05, 4.69) is 0 Å². The van der Waals surface area contributed by atoms with Gasteiger partial charge in [-0.3, -0.25) is 4.79 Å². The first-order valence-electron chi connectivity index (χ1n) is 11.9. The number of fused-ring (bicyclic) bond motifs is 2. The first kappa shape index (κ1) is 23.2. The van der Waals surface area contributed by atoms with Gasteiger partial charge in [0.25, 0.3) is 5.91 Å². The summed E-state index contributed by atoms with van der Waals surface area (Å²) in [4.78, 5) is 20.2. The van der Waals surface area contributed by atoms with E-state index < -0.39 is 11.8 Å². The summed E-state index contributed by atoms with van der Waals surface area (Å²) in [5, 5.41) is 11.7. The first-order chi connectivity index (χ1) is 16.8. The van der Waals surface area contributed by atoms with Crippen LogP contribution in [0.2, 0.25) is 0 Å². The number of amides is 1. The van der Waals surface area contributed by atoms with E-state index in [0.717, 1.165) is 33.4 Å². The molecule has 1 N–H and O–H groups in total. The number of hydrogen-bond donors (Lipinski definition) is 1. The zero-order chi connectivity index (χ0) is 24.7. The van der Waals surface area contributed by atoms with Gasteiger partial charge in [-0.15, -0.1) is 0 Å². The zero-order valence-electron chi connectivity index (χ0n) is 20.5. The van der Waals surface area contributed by atoms with Crippen molar-refractivity contribution in [3.63, 3.8) is 0 Å². The third kappa shape index (κ3) is 4.10. The Morgan fingerprint density at radius 1 is 1.06 bits per heavy atom. The van der Waals surface area contributed by atoms with Crippen LogP contribution in [0.1, 0.15) is 54.3 Å². The maximum atomic E-state index is 13.5. The number of likely N-dealkylation sites (tertiary alicyclic amines) is 1. The van der Waals surface area contributed by atoms with E-state index in [1.807, 2.05) is 54.3 Å². The van der Waals surface area contributed by atoms with Crippen molar-refractivity contribution in [2.75, 3.05) is 27.3 Å². The second-order valence-electron chi connectivity index (χ2n) is 9.20. The molecular formula is C28H30N2O5. The van der Waals surface area contributed by atoms with E-state index in [9.17, 15) is 9.90 Å². The molecule has 3 aromatic rings. The number of piperidine rings is 1. The van der Waals surface area contributed by atoms with Crippen LogP contribution in [0.5, 0.6) is 17.2 Å². The van der Waals surface area contributed by atoms with Gasteiger partial charge in [-0.1, -0.05) is 18.2 Å². The first-order valence-corrected chi connectivity index (χ1v) is 11.9. The van der Waals surface area contributed by atoms with Crippen molar-refractivity contribution in [2.24, 2.45) is 4.99 Å². The summed E-state index contributed by atoms with van der Waals surface area (Å²) in [6.07, 6.45) is 0.649. The number of carbonyl (C=O) groups excluding carboxylic acids is 1. The van der Waals surface area contributed by atoms with Gasteiger partial charge in [0.2, 0.25) is 5.72 Å². The van der Waals surface area contributed by atoms with Gasteiger partial charge < -0.3 is 24.2 Å². The van der Waals surface area contributed by atoms with Gasteiger partial charge in [0.15, 0.2) is 0 Å². The van der Waals surface area contributed by atoms with Crippen molar-refractivity contribution in [1.29, 1.82) is 0 Å². The molecule has 2 heterocycles. The van der Waals surface area contributed by atoms with E-state index >= 15 is 0 Å². The van der Waals surface area contributed by atoms with Crippen LogP contribution in [0.15, 0.2) is 53.5 Å². The smallest absolute Gasteiger partial charge is 0.254 e. The molecule has 0 aromatic heterocycles. The number of aliphatic hydroxyl groups is 1. The fourth-order valence-corrected chi connectivity index (χ4v) is 5.02. The monoisotopic (exact) mass is 474 g/mol. The van der Waals surface area contributed by atoms with Crippen molar-refractivity contribution in [1.82, 2.24) is 4.90 Å². The summed E-state index contributed by atoms with van der Waals surface area (Å²) in [6, 6.07) is 15.1. The molecule has 1 saturated heterocycles. The lowest BCUT2D eigenvalue weighted by Crippen LogP contribution is -2.50. The third-order valence-electron chi connectivity index (χ3n) is 6.98. The highest BCUT2D eigenvalue weighted by Gasteiger charge is 2.41. The third-order valence-corrected chi connectivity index (χ3v) is 6.98. The predicted octanol–water partition coefficient (Wildman–Crippen LogP) is 4.74. The van der Waals surface area contributed by atoms with Crippen LogP contribution in [-0.4, -0.2) is 54.7 Å². The number of rotatable bonds is 4. The topological polar surface area (TPSA) is 80.6 Å². The van der Waals surface area contributed by atoms with Gasteiger partial charge in [0.05, 0.1) is 20.3 Å². The molecule has 7 nitrogen and oxygen atoms in total. The SMILES string of the molecule is COc1cc(C(=O)N2CCC3(CC2)N=C(C)c2cc(C(C)O)ccc2O3)cc2c(OC)cccc12. The molecule has 1 spiro atoms. The Bertz CT molecular complexity index is 1320. The second kappa shape index (κ2) is 8.89. The van der Waals surface area contributed by atoms with E-state index in [4.69, 9.17) is 19.2 Å². The fraction of sp³-hybridized carbons (Fsp3) is 0.357. The Hall–Kier alpha value is -3.58. The van der Waals surface area contributed by atoms with Crippen molar-refractivity contribution in [2.45, 2.75) is 38.5 Å². The number of aliphatic imine (C=N–C) groups is 1. The number of methoxy groups -OCH3 is 2. The Morgan fingerprint density at radius 3 is 2.49 bits per heavy atom. The Labute approximate surface area is 204 Å². The molecule has 0 saturated carbocycles. The molecule has 0 radical (unpaired) electrons. The quantitative estimate of drug-likeness (QED) is 0.591. The fourth-order valence-electron chi connectivity index (χ4n) is 5.02. The number of hydrogen-bond acceptors (Lipinski definition) is 6. The molecule has 0 bridgehead atoms. The summed E-state index contributed by atoms with van der Waals surface area (Å²) in [7, 11) is 3.23. The molecule has 182 valence electrons. The van der Waals surface area contributed by atoms with Crippen LogP contribution in [0.4, 0.5) is 0 Å². The molecule has 1 amide bonds. The Balaban J connectivity index is 1.37. The normalized spacial score (nSPS) is 17.4. The zero-order valence-corrected chi connectivity index (χ0v) is 20.5. The van der Waals surface area contributed by atoms with Crippen molar-refractivity contribution < 1.29 is 24.1 Å². The molecule has 1 atom stereocenters. The summed E-state index contributed by atoms with van der Waals surface area (Å²) in [6.45, 7) is 4.78. The average molecular weight is 475 g/mol. The number of benzene rings is 3. The Kier molecular flexibility index (Phi) is 5.89. The molecule has 0 aliphatic carbocycles. The largest absolute Gasteiger partial charge is 0.496 e. The standard InChI is InChI=1S/C28H30N2O5/c1-17-22-14-19(18(2)31)8-9-25(22)35-28(29-17)10-12-30(13-11-28)27(32)20-15-23-21(26(16-20)34-4)6-5-7-24(23)33-3/h5-9,14-16,18,31H,10-13H2,1-4H3. The van der Waals surface area contributed by atoms with Gasteiger partial charge in [0, 0.05) is 53.5 Å². The van der Waals surface area contributed by atoms with Crippen molar-refractivity contribution in [3.05, 3.63) is 65.2 Å². The van der Waals surface area contributed by atoms with Gasteiger partial charge in [-0.25, -0.2) is 4.99 Å². The minimum Gasteiger partial charge on any atom is -0.496 e. The molecule has 35 heavy (non-hydrogen) atoms. The van der Waals surface area contributed by atoms with E-state index in [1.54, 1.807) is 27.2 Å². The lowest BCUT2D eigenvalue weighted by molar-refractivity contribution is 0.00758. The van der Waals surface area contributed by atoms with E-state index in [0.29, 0.717) is 43.0 Å². The van der Waals surface area contributed by atoms with Crippen LogP contribution < -0.4 is 14.2 Å². The highest BCUT2D eigenvalue weighted by Crippen LogP contribution is 2.39. The molecule has 7 heteroatoms. The highest BCUT2D eigenvalue weighted by molar-refractivity contribution is 6.03. The van der Waals surface area contributed by atoms with Crippen LogP contribution in [0.25, 0.3) is 10.8 Å². The lowest BCUT2D eigenvalue weighted by atomic mass is 9.95. The van der Waals surface area contributed by atoms with Crippen LogP contribution in [0, 0.1) is 0 Å². The molecule has 2 aliphatic heterocycles. The summed E-state index contributed by atoms with van der Waals surface area (Å²) in [5.41, 5.74) is 2.52. The van der Waals surface area contributed by atoms with Gasteiger partial charge >= 0.3 is 0 Å². The predicted molar refractivity (Wildman–Crippen MR) is 135 cm³/mol. The number of aliphatic hydroxyl groups excluding tert-OH is 1. The van der Waals surface area contributed by atoms with E-state index in [1.165, 1.54) is 0 Å². The molecule has 1 unspecified atom stereocenters. The van der Waals surface area contributed by atoms with Gasteiger partial charge in [0.1, 0.15) is 17.2 Å². The van der Waals surface area contributed by atoms with Gasteiger partial charge in [-0.2, -0.15) is 0 Å². The van der Waals surface area contributed by atoms with Crippen LogP contribution in [0.3, 0.4) is 0 Å². The van der Waals surface area contributed by atoms with Crippen molar-refractivity contribution in [3.8, 4) is 17.2 Å². The summed E-state index contributed by atoms with van der Waals surface area (Å²) < 4.78 is 17.5. The average Bonchev–Trinajstić information content (AvgIpc) is 2.87. The maximum Gasteiger partial charge on any atom is 0.254 e. The highest BCUT2D eigenvalue weighted by atomic mass is 16.5. The molecule has 1 fully saturated rings. The van der Waals surface area contributed by atoms with Gasteiger partial charge in [-0.05, 0) is 49.7 Å². The molecule has 2 aliphatic rings. The molecule has 5 rings (SSSR count).